The Bertz CT molecular complexity index is 1190. The van der Waals surface area contributed by atoms with Crippen LogP contribution in [0.1, 0.15) is 80.9 Å². The molecule has 2 heterocycles. The van der Waals surface area contributed by atoms with Crippen molar-refractivity contribution in [1.82, 2.24) is 15.2 Å². The summed E-state index contributed by atoms with van der Waals surface area (Å²) in [7, 11) is -0.573. The van der Waals surface area contributed by atoms with Crippen LogP contribution >= 0.6 is 34.5 Å². The van der Waals surface area contributed by atoms with E-state index in [1.54, 1.807) is 20.8 Å². The number of amides is 1. The van der Waals surface area contributed by atoms with Crippen LogP contribution in [0, 0.1) is 6.92 Å². The maximum Gasteiger partial charge on any atom is 0.416 e. The summed E-state index contributed by atoms with van der Waals surface area (Å²) in [5.74, 6) is -0.549. The number of thiazole rings is 1. The Morgan fingerprint density at radius 2 is 1.62 bits per heavy atom. The van der Waals surface area contributed by atoms with E-state index in [4.69, 9.17) is 37.1 Å². The third-order valence-electron chi connectivity index (χ3n) is 6.77. The smallest absolute Gasteiger partial charge is 0.416 e. The van der Waals surface area contributed by atoms with Crippen molar-refractivity contribution in [2.45, 2.75) is 97.9 Å². The summed E-state index contributed by atoms with van der Waals surface area (Å²) in [5, 5.41) is 8.76. The van der Waals surface area contributed by atoms with Gasteiger partial charge in [0.05, 0.1) is 7.11 Å². The molecule has 0 unspecified atom stereocenters. The molecule has 0 atom stereocenters. The number of ether oxygens (including phenoxy) is 2. The molecule has 0 aliphatic rings. The van der Waals surface area contributed by atoms with Crippen molar-refractivity contribution >= 4 is 60.1 Å². The molecule has 0 radical (unpaired) electrons. The molecule has 0 bridgehead atoms. The van der Waals surface area contributed by atoms with Crippen LogP contribution in [0.25, 0.3) is 0 Å². The van der Waals surface area contributed by atoms with Crippen molar-refractivity contribution in [3.05, 3.63) is 32.0 Å². The van der Waals surface area contributed by atoms with Crippen LogP contribution in [-0.2, 0) is 26.7 Å². The third-order valence-corrected chi connectivity index (χ3v) is 13.1. The first-order chi connectivity index (χ1) is 18.4. The van der Waals surface area contributed by atoms with E-state index in [1.165, 1.54) is 23.3 Å². The van der Waals surface area contributed by atoms with Gasteiger partial charge in [-0.3, -0.25) is 4.90 Å². The summed E-state index contributed by atoms with van der Waals surface area (Å²) in [6, 6.07) is 0. The second-order valence-corrected chi connectivity index (χ2v) is 18.7. The van der Waals surface area contributed by atoms with Crippen molar-refractivity contribution in [1.29, 1.82) is 0 Å². The van der Waals surface area contributed by atoms with Crippen LogP contribution in [0.5, 0.6) is 0 Å². The first-order valence-corrected chi connectivity index (χ1v) is 17.8. The highest BCUT2D eigenvalue weighted by molar-refractivity contribution is 7.16. The highest BCUT2D eigenvalue weighted by Gasteiger charge is 2.37. The standard InChI is InChI=1S/C27H42Cl2N4O5SSi/c1-17-18(22(29)32-31-21(17)28)13-11-15-33(25(35)38-26(2,3)4)24-30-20(23(34)36-8)19(39-24)14-12-16-37-40(9,10)27(5,6)7/h11-16H2,1-10H3. The number of hydrogen-bond acceptors (Lipinski definition) is 9. The van der Waals surface area contributed by atoms with E-state index in [9.17, 15) is 9.59 Å². The van der Waals surface area contributed by atoms with E-state index in [0.29, 0.717) is 37.4 Å². The Morgan fingerprint density at radius 3 is 2.20 bits per heavy atom. The lowest BCUT2D eigenvalue weighted by Crippen LogP contribution is -2.41. The molecule has 0 N–H and O–H groups in total. The molecule has 1 amide bonds. The maximum absolute atomic E-state index is 13.3. The van der Waals surface area contributed by atoms with Gasteiger partial charge < -0.3 is 13.9 Å². The zero-order chi connectivity index (χ0) is 30.5. The summed E-state index contributed by atoms with van der Waals surface area (Å²) in [4.78, 5) is 32.6. The van der Waals surface area contributed by atoms with Gasteiger partial charge >= 0.3 is 12.1 Å². The lowest BCUT2D eigenvalue weighted by molar-refractivity contribution is 0.0569. The van der Waals surface area contributed by atoms with E-state index < -0.39 is 26.0 Å². The molecule has 0 aliphatic heterocycles. The minimum absolute atomic E-state index is 0.107. The van der Waals surface area contributed by atoms with E-state index in [2.05, 4.69) is 49.0 Å². The second-order valence-electron chi connectivity index (χ2n) is 12.1. The molecule has 2 rings (SSSR count). The molecule has 13 heteroatoms. The van der Waals surface area contributed by atoms with Gasteiger partial charge in [0, 0.05) is 18.0 Å². The molecule has 0 saturated heterocycles. The SMILES string of the molecule is COC(=O)c1nc(N(CCCc2c(Cl)nnc(Cl)c2C)C(=O)OC(C)(C)C)sc1CCCO[Si](C)(C)C(C)(C)C. The summed E-state index contributed by atoms with van der Waals surface area (Å²) in [6.07, 6.45) is 1.74. The van der Waals surface area contributed by atoms with Crippen LogP contribution in [0.15, 0.2) is 0 Å². The van der Waals surface area contributed by atoms with Gasteiger partial charge in [0.2, 0.25) is 0 Å². The molecule has 224 valence electrons. The largest absolute Gasteiger partial charge is 0.464 e. The topological polar surface area (TPSA) is 104 Å². The molecule has 40 heavy (non-hydrogen) atoms. The van der Waals surface area contributed by atoms with Crippen LogP contribution in [-0.4, -0.2) is 61.4 Å². The molecule has 0 aromatic carbocycles. The highest BCUT2D eigenvalue weighted by atomic mass is 35.5. The van der Waals surface area contributed by atoms with Crippen molar-refractivity contribution in [3.63, 3.8) is 0 Å². The Balaban J connectivity index is 2.29. The number of anilines is 1. The number of nitrogens with zero attached hydrogens (tertiary/aromatic N) is 4. The van der Waals surface area contributed by atoms with Crippen LogP contribution in [0.3, 0.4) is 0 Å². The predicted octanol–water partition coefficient (Wildman–Crippen LogP) is 7.66. The van der Waals surface area contributed by atoms with Gasteiger partial charge in [0.25, 0.3) is 0 Å². The average molecular weight is 634 g/mol. The van der Waals surface area contributed by atoms with E-state index in [1.807, 2.05) is 6.92 Å². The van der Waals surface area contributed by atoms with E-state index in [0.717, 1.165) is 16.0 Å². The number of halogens is 2. The molecule has 0 aliphatic carbocycles. The molecular weight excluding hydrogens is 591 g/mol. The Labute approximate surface area is 253 Å². The number of esters is 1. The van der Waals surface area contributed by atoms with E-state index >= 15 is 0 Å². The van der Waals surface area contributed by atoms with Gasteiger partial charge in [-0.2, -0.15) is 0 Å². The zero-order valence-corrected chi connectivity index (χ0v) is 28.6. The van der Waals surface area contributed by atoms with Gasteiger partial charge in [0.1, 0.15) is 5.60 Å². The van der Waals surface area contributed by atoms with Gasteiger partial charge in [0.15, 0.2) is 29.4 Å². The lowest BCUT2D eigenvalue weighted by atomic mass is 10.1. The summed E-state index contributed by atoms with van der Waals surface area (Å²) in [6.45, 7) is 19.1. The molecule has 0 fully saturated rings. The monoisotopic (exact) mass is 632 g/mol. The third kappa shape index (κ3) is 9.37. The fourth-order valence-electron chi connectivity index (χ4n) is 3.45. The zero-order valence-electron chi connectivity index (χ0n) is 25.2. The minimum atomic E-state index is -1.89. The number of aryl methyl sites for hydroxylation is 1. The van der Waals surface area contributed by atoms with Crippen LogP contribution in [0.2, 0.25) is 28.4 Å². The van der Waals surface area contributed by atoms with Crippen LogP contribution in [0.4, 0.5) is 9.93 Å². The van der Waals surface area contributed by atoms with Gasteiger partial charge in [-0.1, -0.05) is 44.0 Å². The average Bonchev–Trinajstić information content (AvgIpc) is 3.25. The Hall–Kier alpha value is -1.79. The number of carbonyl (C=O) groups is 2. The fraction of sp³-hybridized carbons (Fsp3) is 0.667. The maximum atomic E-state index is 13.3. The van der Waals surface area contributed by atoms with Crippen molar-refractivity contribution in [2.75, 3.05) is 25.2 Å². The normalized spacial score (nSPS) is 12.4. The van der Waals surface area contributed by atoms with Crippen molar-refractivity contribution in [2.24, 2.45) is 0 Å². The highest BCUT2D eigenvalue weighted by Crippen LogP contribution is 2.37. The number of hydrogen-bond donors (Lipinski definition) is 0. The fourth-order valence-corrected chi connectivity index (χ4v) is 6.06. The number of aromatic nitrogens is 3. The summed E-state index contributed by atoms with van der Waals surface area (Å²) >= 11 is 13.7. The molecule has 2 aromatic heterocycles. The molecular formula is C27H42Cl2N4O5SSi. The number of methoxy groups -OCH3 is 1. The van der Waals surface area contributed by atoms with Crippen molar-refractivity contribution < 1.29 is 23.5 Å². The molecule has 9 nitrogen and oxygen atoms in total. The van der Waals surface area contributed by atoms with Gasteiger partial charge in [-0.25, -0.2) is 14.6 Å². The minimum Gasteiger partial charge on any atom is -0.464 e. The predicted molar refractivity (Wildman–Crippen MR) is 164 cm³/mol. The van der Waals surface area contributed by atoms with E-state index in [-0.39, 0.29) is 27.6 Å². The summed E-state index contributed by atoms with van der Waals surface area (Å²) in [5.41, 5.74) is 0.995. The molecule has 2 aromatic rings. The van der Waals surface area contributed by atoms with Gasteiger partial charge in [-0.05, 0) is 82.6 Å². The first kappa shape index (κ1) is 34.4. The van der Waals surface area contributed by atoms with Crippen LogP contribution < -0.4 is 4.90 Å². The van der Waals surface area contributed by atoms with Gasteiger partial charge in [-0.15, -0.1) is 21.5 Å². The quantitative estimate of drug-likeness (QED) is 0.141. The number of carbonyl (C=O) groups excluding carboxylic acids is 2. The first-order valence-electron chi connectivity index (χ1n) is 13.3. The second kappa shape index (κ2) is 13.9. The lowest BCUT2D eigenvalue weighted by Gasteiger charge is -2.36. The number of rotatable bonds is 11. The molecule has 0 spiro atoms. The Morgan fingerprint density at radius 1 is 1.00 bits per heavy atom. The summed E-state index contributed by atoms with van der Waals surface area (Å²) < 4.78 is 17.0. The molecule has 0 saturated carbocycles. The Kier molecular flexibility index (Phi) is 12.0. The van der Waals surface area contributed by atoms with Crippen molar-refractivity contribution in [3.8, 4) is 0 Å².